The fraction of sp³-hybridized carbons (Fsp3) is 0.750. The molecule has 2 bridgehead atoms. The first-order chi connectivity index (χ1) is 12.6. The van der Waals surface area contributed by atoms with Gasteiger partial charge < -0.3 is 14.7 Å². The fourth-order valence-corrected chi connectivity index (χ4v) is 4.28. The van der Waals surface area contributed by atoms with E-state index in [1.807, 2.05) is 6.08 Å². The van der Waals surface area contributed by atoms with Crippen molar-refractivity contribution in [1.29, 1.82) is 0 Å². The maximum absolute atomic E-state index is 12.9. The van der Waals surface area contributed by atoms with Crippen molar-refractivity contribution in [2.45, 2.75) is 57.9 Å². The molecule has 1 saturated heterocycles. The summed E-state index contributed by atoms with van der Waals surface area (Å²) in [6, 6.07) is -1.30. The highest BCUT2D eigenvalue weighted by Gasteiger charge is 2.50. The van der Waals surface area contributed by atoms with Crippen molar-refractivity contribution in [2.75, 3.05) is 19.6 Å². The minimum absolute atomic E-state index is 0.0305. The van der Waals surface area contributed by atoms with Crippen LogP contribution in [0.2, 0.25) is 18.1 Å². The molecule has 12 heteroatoms. The summed E-state index contributed by atoms with van der Waals surface area (Å²) in [5.41, 5.74) is 0.753. The Morgan fingerprint density at radius 3 is 2.50 bits per heavy atom. The molecule has 2 rings (SSSR count). The lowest BCUT2D eigenvalue weighted by molar-refractivity contribution is -0.124. The number of fused-ring (bicyclic) bond motifs is 2. The molecular weight excluding hydrogens is 402 g/mol. The zero-order valence-corrected chi connectivity index (χ0v) is 19.1. The third-order valence-corrected chi connectivity index (χ3v) is 10.3. The van der Waals surface area contributed by atoms with Gasteiger partial charge in [0.2, 0.25) is 14.2 Å². The Kier molecular flexibility index (Phi) is 6.31. The average molecular weight is 434 g/mol. The second-order valence-corrected chi connectivity index (χ2v) is 14.8. The van der Waals surface area contributed by atoms with Crippen LogP contribution in [0, 0.1) is 0 Å². The topological polar surface area (TPSA) is 134 Å². The third kappa shape index (κ3) is 4.92. The molecule has 0 aromatic rings. The lowest BCUT2D eigenvalue weighted by Gasteiger charge is -2.39. The molecule has 0 spiro atoms. The van der Waals surface area contributed by atoms with E-state index in [4.69, 9.17) is 9.67 Å². The molecule has 0 saturated carbocycles. The van der Waals surface area contributed by atoms with Crippen LogP contribution in [0.25, 0.3) is 0 Å². The summed E-state index contributed by atoms with van der Waals surface area (Å²) in [5, 5.41) is 8.84. The Labute approximate surface area is 167 Å². The molecular formula is C16H31N5O5SSi. The van der Waals surface area contributed by atoms with Crippen molar-refractivity contribution >= 4 is 30.5 Å². The number of carbonyl (C=O) groups excluding carboxylic acids is 2. The predicted octanol–water partition coefficient (Wildman–Crippen LogP) is 0.267. The number of amides is 3. The number of hydrogen-bond acceptors (Lipinski definition) is 5. The van der Waals surface area contributed by atoms with Gasteiger partial charge in [0.25, 0.3) is 10.2 Å². The molecule has 2 atom stereocenters. The van der Waals surface area contributed by atoms with Crippen molar-refractivity contribution in [3.8, 4) is 0 Å². The summed E-state index contributed by atoms with van der Waals surface area (Å²) in [4.78, 5) is 27.0. The molecule has 3 amide bonds. The number of hydrogen-bond donors (Lipinski definition) is 3. The van der Waals surface area contributed by atoms with E-state index in [1.54, 1.807) is 6.92 Å². The smallest absolute Gasteiger partial charge is 0.344 e. The van der Waals surface area contributed by atoms with Gasteiger partial charge in [-0.25, -0.2) is 19.7 Å². The third-order valence-electron chi connectivity index (χ3n) is 5.43. The van der Waals surface area contributed by atoms with Crippen LogP contribution >= 0.6 is 0 Å². The molecule has 2 aliphatic rings. The number of hydroxylamine groups is 2. The van der Waals surface area contributed by atoms with Crippen LogP contribution in [-0.4, -0.2) is 70.4 Å². The van der Waals surface area contributed by atoms with Gasteiger partial charge in [0.05, 0.1) is 12.6 Å². The van der Waals surface area contributed by atoms with Gasteiger partial charge in [-0.3, -0.25) is 4.79 Å². The summed E-state index contributed by atoms with van der Waals surface area (Å²) in [6.07, 6.45) is 1.89. The van der Waals surface area contributed by atoms with Crippen LogP contribution in [-0.2, 0) is 19.5 Å². The van der Waals surface area contributed by atoms with Crippen molar-refractivity contribution < 1.29 is 22.5 Å². The van der Waals surface area contributed by atoms with E-state index in [0.717, 1.165) is 5.57 Å². The van der Waals surface area contributed by atoms with E-state index in [9.17, 15) is 18.0 Å². The molecule has 0 aromatic heterocycles. The van der Waals surface area contributed by atoms with Gasteiger partial charge in [0.15, 0.2) is 0 Å². The molecule has 28 heavy (non-hydrogen) atoms. The number of carbonyl (C=O) groups is 2. The quantitative estimate of drug-likeness (QED) is 0.301. The van der Waals surface area contributed by atoms with Gasteiger partial charge in [-0.1, -0.05) is 26.8 Å². The molecule has 0 aromatic carbocycles. The van der Waals surface area contributed by atoms with Crippen molar-refractivity contribution in [1.82, 2.24) is 20.0 Å². The summed E-state index contributed by atoms with van der Waals surface area (Å²) < 4.78 is 30.1. The zero-order chi connectivity index (χ0) is 21.5. The predicted molar refractivity (Wildman–Crippen MR) is 108 cm³/mol. The highest BCUT2D eigenvalue weighted by atomic mass is 32.2. The fourth-order valence-electron chi connectivity index (χ4n) is 2.91. The number of urea groups is 1. The van der Waals surface area contributed by atoms with Gasteiger partial charge in [0.1, 0.15) is 6.04 Å². The van der Waals surface area contributed by atoms with Crippen molar-refractivity contribution in [2.24, 2.45) is 5.14 Å². The van der Waals surface area contributed by atoms with Crippen LogP contribution in [0.5, 0.6) is 0 Å². The van der Waals surface area contributed by atoms with E-state index in [-0.39, 0.29) is 36.1 Å². The highest BCUT2D eigenvalue weighted by molar-refractivity contribution is 7.87. The van der Waals surface area contributed by atoms with Crippen LogP contribution in [0.3, 0.4) is 0 Å². The van der Waals surface area contributed by atoms with Crippen LogP contribution in [0.15, 0.2) is 11.6 Å². The van der Waals surface area contributed by atoms with E-state index < -0.39 is 24.6 Å². The maximum atomic E-state index is 12.9. The molecule has 0 unspecified atom stereocenters. The summed E-state index contributed by atoms with van der Waals surface area (Å²) in [7, 11) is -6.02. The molecule has 4 N–H and O–H groups in total. The Morgan fingerprint density at radius 2 is 1.96 bits per heavy atom. The molecule has 10 nitrogen and oxygen atoms in total. The molecule has 2 heterocycles. The van der Waals surface area contributed by atoms with E-state index >= 15 is 0 Å². The molecule has 1 fully saturated rings. The number of nitrogens with zero attached hydrogens (tertiary/aromatic N) is 2. The Hall–Kier alpha value is -1.47. The molecule has 160 valence electrons. The van der Waals surface area contributed by atoms with Gasteiger partial charge in [-0.05, 0) is 30.6 Å². The monoisotopic (exact) mass is 433 g/mol. The lowest BCUT2D eigenvalue weighted by Crippen LogP contribution is -2.52. The molecule has 0 radical (unpaired) electrons. The van der Waals surface area contributed by atoms with E-state index in [1.165, 1.54) is 9.96 Å². The number of nitrogens with one attached hydrogen (secondary N) is 2. The number of nitrogens with two attached hydrogens (primary N) is 1. The number of rotatable bonds is 7. The Bertz CT molecular complexity index is 777. The Morgan fingerprint density at radius 1 is 1.36 bits per heavy atom. The van der Waals surface area contributed by atoms with Gasteiger partial charge >= 0.3 is 6.03 Å². The van der Waals surface area contributed by atoms with Gasteiger partial charge in [-0.15, -0.1) is 0 Å². The normalized spacial score (nSPS) is 23.1. The highest BCUT2D eigenvalue weighted by Crippen LogP contribution is 2.39. The first-order valence-electron chi connectivity index (χ1n) is 9.16. The van der Waals surface area contributed by atoms with Gasteiger partial charge in [-0.2, -0.15) is 8.42 Å². The summed E-state index contributed by atoms with van der Waals surface area (Å²) in [6.45, 7) is 12.6. The van der Waals surface area contributed by atoms with Crippen LogP contribution < -0.4 is 15.2 Å². The minimum Gasteiger partial charge on any atom is -0.353 e. The SMILES string of the molecule is CC1=C[C@@H]2CN(C(=O)N2O[Si](C)(C)C(C)(C)C)[C@@H]1C(=O)NCCNS(N)(=O)=O. The first kappa shape index (κ1) is 22.8. The summed E-state index contributed by atoms with van der Waals surface area (Å²) in [5.74, 6) is -0.369. The first-order valence-corrected chi connectivity index (χ1v) is 13.6. The lowest BCUT2D eigenvalue weighted by atomic mass is 10.00. The van der Waals surface area contributed by atoms with Gasteiger partial charge in [0, 0.05) is 13.1 Å². The maximum Gasteiger partial charge on any atom is 0.344 e. The average Bonchev–Trinajstić information content (AvgIpc) is 2.74. The molecule has 2 aliphatic heterocycles. The molecule has 0 aliphatic carbocycles. The van der Waals surface area contributed by atoms with E-state index in [0.29, 0.717) is 6.54 Å². The Balaban J connectivity index is 2.07. The van der Waals surface area contributed by atoms with Crippen LogP contribution in [0.4, 0.5) is 4.79 Å². The zero-order valence-electron chi connectivity index (χ0n) is 17.3. The minimum atomic E-state index is -3.81. The second kappa shape index (κ2) is 7.75. The van der Waals surface area contributed by atoms with E-state index in [2.05, 4.69) is 43.9 Å². The second-order valence-electron chi connectivity index (χ2n) is 8.72. The van der Waals surface area contributed by atoms with Crippen molar-refractivity contribution in [3.63, 3.8) is 0 Å². The van der Waals surface area contributed by atoms with Crippen molar-refractivity contribution in [3.05, 3.63) is 11.6 Å². The standard InChI is InChI=1S/C16H31N5O5SSi/c1-11-9-12-10-20(13(11)14(22)18-7-8-19-27(17,24)25)15(23)21(12)26-28(5,6)16(2,3)4/h9,12-13,19H,7-8,10H2,1-6H3,(H,18,22)(H2,17,24,25)/t12-,13+/m1/s1. The largest absolute Gasteiger partial charge is 0.353 e. The summed E-state index contributed by atoms with van der Waals surface area (Å²) >= 11 is 0. The van der Waals surface area contributed by atoms with Crippen LogP contribution in [0.1, 0.15) is 27.7 Å².